The van der Waals surface area contributed by atoms with Gasteiger partial charge in [-0.05, 0) is 18.9 Å². The Labute approximate surface area is 49.7 Å². The highest BCUT2D eigenvalue weighted by atomic mass is 15.2. The second-order valence-electron chi connectivity index (χ2n) is 2.97. The number of hydrogen-bond donors (Lipinski definition) is 1. The Bertz CT molecular complexity index is 101. The average Bonchev–Trinajstić information content (AvgIpc) is 2.23. The number of rotatable bonds is 0. The van der Waals surface area contributed by atoms with Crippen LogP contribution >= 0.6 is 0 Å². The Morgan fingerprint density at radius 2 is 2.25 bits per heavy atom. The molecule has 0 aromatic rings. The van der Waals surface area contributed by atoms with Crippen LogP contribution in [0.1, 0.15) is 6.42 Å². The van der Waals surface area contributed by atoms with Crippen molar-refractivity contribution in [2.75, 3.05) is 19.6 Å². The number of piperidine rings is 1. The van der Waals surface area contributed by atoms with E-state index in [-0.39, 0.29) is 0 Å². The van der Waals surface area contributed by atoms with Gasteiger partial charge in [0.25, 0.3) is 0 Å². The van der Waals surface area contributed by atoms with E-state index in [1.165, 1.54) is 19.5 Å². The number of nitrogens with zero attached hydrogens (tertiary/aromatic N) is 1. The van der Waals surface area contributed by atoms with Crippen molar-refractivity contribution in [2.45, 2.75) is 12.5 Å². The number of nitrogens with two attached hydrogens (primary N) is 1. The maximum atomic E-state index is 5.78. The minimum Gasteiger partial charge on any atom is -0.326 e. The molecule has 0 aromatic heterocycles. The lowest BCUT2D eigenvalue weighted by Gasteiger charge is -2.16. The zero-order valence-electron chi connectivity index (χ0n) is 5.01. The zero-order valence-corrected chi connectivity index (χ0v) is 5.01. The summed E-state index contributed by atoms with van der Waals surface area (Å²) in [6, 6.07) is 0.503. The van der Waals surface area contributed by atoms with Crippen LogP contribution in [-0.2, 0) is 0 Å². The Hall–Kier alpha value is -0.0800. The summed E-state index contributed by atoms with van der Waals surface area (Å²) < 4.78 is 0. The number of hydrogen-bond acceptors (Lipinski definition) is 2. The van der Waals surface area contributed by atoms with Gasteiger partial charge < -0.3 is 10.6 Å². The zero-order chi connectivity index (χ0) is 5.56. The molecule has 0 radical (unpaired) electrons. The Morgan fingerprint density at radius 1 is 1.38 bits per heavy atom. The molecule has 0 aromatic carbocycles. The molecule has 8 heavy (non-hydrogen) atoms. The van der Waals surface area contributed by atoms with Gasteiger partial charge in [-0.3, -0.25) is 0 Å². The van der Waals surface area contributed by atoms with E-state index in [1.54, 1.807) is 0 Å². The van der Waals surface area contributed by atoms with E-state index in [2.05, 4.69) is 4.90 Å². The van der Waals surface area contributed by atoms with Crippen molar-refractivity contribution < 1.29 is 0 Å². The van der Waals surface area contributed by atoms with E-state index >= 15 is 0 Å². The lowest BCUT2D eigenvalue weighted by atomic mass is 10.0. The van der Waals surface area contributed by atoms with E-state index in [1.807, 2.05) is 0 Å². The van der Waals surface area contributed by atoms with Gasteiger partial charge in [0.05, 0.1) is 0 Å². The molecule has 46 valence electrons. The summed E-state index contributed by atoms with van der Waals surface area (Å²) in [5.74, 6) is 0.843. The summed E-state index contributed by atoms with van der Waals surface area (Å²) in [4.78, 5) is 2.45. The standard InChI is InChI=1S/C6H12N2/c7-6-4-8-2-1-5(6)3-8/h5-6H,1-4,7H2/t5-,6+/m0/s1. The summed E-state index contributed by atoms with van der Waals surface area (Å²) in [6.07, 6.45) is 1.35. The first-order valence-corrected chi connectivity index (χ1v) is 3.34. The second-order valence-corrected chi connectivity index (χ2v) is 2.97. The monoisotopic (exact) mass is 112 g/mol. The van der Waals surface area contributed by atoms with Crippen LogP contribution in [-0.4, -0.2) is 30.6 Å². The Kier molecular flexibility index (Phi) is 0.866. The predicted octanol–water partition coefficient (Wildman–Crippen LogP) is -0.351. The summed E-state index contributed by atoms with van der Waals surface area (Å²) in [6.45, 7) is 3.74. The van der Waals surface area contributed by atoms with Gasteiger partial charge in [-0.15, -0.1) is 0 Å². The molecular weight excluding hydrogens is 100 g/mol. The third-order valence-corrected chi connectivity index (χ3v) is 2.38. The molecule has 1 unspecified atom stereocenters. The molecule has 2 N–H and O–H groups in total. The van der Waals surface area contributed by atoms with Crippen LogP contribution < -0.4 is 5.73 Å². The third kappa shape index (κ3) is 0.501. The molecule has 2 fully saturated rings. The lowest BCUT2D eigenvalue weighted by Crippen LogP contribution is -2.34. The average molecular weight is 112 g/mol. The van der Waals surface area contributed by atoms with Gasteiger partial charge in [-0.25, -0.2) is 0 Å². The van der Waals surface area contributed by atoms with E-state index < -0.39 is 0 Å². The highest BCUT2D eigenvalue weighted by Crippen LogP contribution is 2.25. The van der Waals surface area contributed by atoms with Crippen LogP contribution in [0.2, 0.25) is 0 Å². The molecular formula is C6H12N2. The molecule has 2 heterocycles. The van der Waals surface area contributed by atoms with Crippen molar-refractivity contribution >= 4 is 0 Å². The van der Waals surface area contributed by atoms with Crippen molar-refractivity contribution in [3.63, 3.8) is 0 Å². The summed E-state index contributed by atoms with van der Waals surface area (Å²) in [5, 5.41) is 0. The fourth-order valence-corrected chi connectivity index (χ4v) is 1.83. The SMILES string of the molecule is N[C@@H]1CN2CC[C@H]1C2. The van der Waals surface area contributed by atoms with Crippen LogP contribution in [0.15, 0.2) is 0 Å². The van der Waals surface area contributed by atoms with Crippen molar-refractivity contribution in [3.8, 4) is 0 Å². The quantitative estimate of drug-likeness (QED) is 0.464. The first-order valence-electron chi connectivity index (χ1n) is 3.34. The smallest absolute Gasteiger partial charge is 0.0209 e. The summed E-state index contributed by atoms with van der Waals surface area (Å²) in [7, 11) is 0. The van der Waals surface area contributed by atoms with Gasteiger partial charge in [-0.1, -0.05) is 0 Å². The minimum atomic E-state index is 0.503. The molecule has 0 amide bonds. The van der Waals surface area contributed by atoms with Crippen LogP contribution in [0.25, 0.3) is 0 Å². The Morgan fingerprint density at radius 3 is 2.50 bits per heavy atom. The normalized spacial score (nSPS) is 52.9. The van der Waals surface area contributed by atoms with Gasteiger partial charge in [0.2, 0.25) is 0 Å². The Balaban J connectivity index is 2.11. The van der Waals surface area contributed by atoms with E-state index in [0.29, 0.717) is 6.04 Å². The molecule has 3 atom stereocenters. The molecule has 2 bridgehead atoms. The highest BCUT2D eigenvalue weighted by molar-refractivity contribution is 4.92. The molecule has 2 heteroatoms. The van der Waals surface area contributed by atoms with Crippen molar-refractivity contribution in [2.24, 2.45) is 11.7 Å². The minimum absolute atomic E-state index is 0.503. The van der Waals surface area contributed by atoms with Crippen molar-refractivity contribution in [3.05, 3.63) is 0 Å². The predicted molar refractivity (Wildman–Crippen MR) is 32.5 cm³/mol. The molecule has 0 saturated carbocycles. The van der Waals surface area contributed by atoms with Gasteiger partial charge in [0, 0.05) is 19.1 Å². The lowest BCUT2D eigenvalue weighted by molar-refractivity contribution is 0.346. The number of fused-ring (bicyclic) bond motifs is 2. The summed E-state index contributed by atoms with van der Waals surface area (Å²) >= 11 is 0. The van der Waals surface area contributed by atoms with E-state index in [4.69, 9.17) is 5.73 Å². The van der Waals surface area contributed by atoms with Crippen LogP contribution in [0.3, 0.4) is 0 Å². The first kappa shape index (κ1) is 4.77. The van der Waals surface area contributed by atoms with Gasteiger partial charge in [0.15, 0.2) is 0 Å². The molecule has 2 saturated heterocycles. The highest BCUT2D eigenvalue weighted by Gasteiger charge is 2.35. The molecule has 2 rings (SSSR count). The molecule has 0 aliphatic carbocycles. The van der Waals surface area contributed by atoms with E-state index in [0.717, 1.165) is 12.5 Å². The summed E-state index contributed by atoms with van der Waals surface area (Å²) in [5.41, 5.74) is 5.78. The van der Waals surface area contributed by atoms with Gasteiger partial charge in [0.1, 0.15) is 0 Å². The molecule has 2 nitrogen and oxygen atoms in total. The van der Waals surface area contributed by atoms with Crippen LogP contribution in [0.5, 0.6) is 0 Å². The van der Waals surface area contributed by atoms with Gasteiger partial charge >= 0.3 is 0 Å². The second kappa shape index (κ2) is 1.45. The maximum absolute atomic E-state index is 5.78. The first-order chi connectivity index (χ1) is 3.86. The van der Waals surface area contributed by atoms with Gasteiger partial charge in [-0.2, -0.15) is 0 Å². The maximum Gasteiger partial charge on any atom is 0.0209 e. The van der Waals surface area contributed by atoms with Crippen LogP contribution in [0, 0.1) is 5.92 Å². The largest absolute Gasteiger partial charge is 0.326 e. The van der Waals surface area contributed by atoms with E-state index in [9.17, 15) is 0 Å². The fraction of sp³-hybridized carbons (Fsp3) is 1.00. The topological polar surface area (TPSA) is 29.3 Å². The van der Waals surface area contributed by atoms with Crippen LogP contribution in [0.4, 0.5) is 0 Å². The molecule has 2 aliphatic rings. The molecule has 2 aliphatic heterocycles. The fourth-order valence-electron chi connectivity index (χ4n) is 1.83. The molecule has 0 spiro atoms. The third-order valence-electron chi connectivity index (χ3n) is 2.38. The van der Waals surface area contributed by atoms with Crippen molar-refractivity contribution in [1.82, 2.24) is 4.90 Å². The van der Waals surface area contributed by atoms with Crippen molar-refractivity contribution in [1.29, 1.82) is 0 Å².